The molecule has 1 aromatic rings. The Morgan fingerprint density at radius 1 is 1.47 bits per heavy atom. The molecule has 1 amide bonds. The van der Waals surface area contributed by atoms with Crippen molar-refractivity contribution in [2.75, 3.05) is 0 Å². The Hall–Kier alpha value is -2.64. The topological polar surface area (TPSA) is 122 Å². The van der Waals surface area contributed by atoms with E-state index < -0.39 is 30.3 Å². The van der Waals surface area contributed by atoms with Crippen LogP contribution in [0.5, 0.6) is 0 Å². The molecule has 0 bridgehead atoms. The van der Waals surface area contributed by atoms with E-state index in [1.54, 1.807) is 19.3 Å². The van der Waals surface area contributed by atoms with Gasteiger partial charge in [-0.15, -0.1) is 0 Å². The van der Waals surface area contributed by atoms with Gasteiger partial charge in [0.2, 0.25) is 5.91 Å². The van der Waals surface area contributed by atoms with Crippen LogP contribution in [0.1, 0.15) is 12.1 Å². The first kappa shape index (κ1) is 14.4. The van der Waals surface area contributed by atoms with Gasteiger partial charge in [-0.05, 0) is 12.1 Å². The van der Waals surface area contributed by atoms with E-state index in [9.17, 15) is 14.4 Å². The Balaban J connectivity index is 2.63. The highest BCUT2D eigenvalue weighted by Crippen LogP contribution is 1.99. The Bertz CT molecular complexity index is 520. The number of carboxylic acids is 2. The van der Waals surface area contributed by atoms with Crippen LogP contribution in [0.15, 0.2) is 18.3 Å². The smallest absolute Gasteiger partial charge is 0.326 e. The quantitative estimate of drug-likeness (QED) is 0.596. The molecule has 102 valence electrons. The van der Waals surface area contributed by atoms with E-state index in [1.807, 2.05) is 0 Å². The highest BCUT2D eigenvalue weighted by atomic mass is 16.4. The average molecular weight is 267 g/mol. The van der Waals surface area contributed by atoms with Gasteiger partial charge in [-0.3, -0.25) is 14.3 Å². The maximum Gasteiger partial charge on any atom is 0.326 e. The van der Waals surface area contributed by atoms with Gasteiger partial charge in [0.05, 0.1) is 12.1 Å². The van der Waals surface area contributed by atoms with Gasteiger partial charge in [-0.25, -0.2) is 4.79 Å². The Morgan fingerprint density at radius 2 is 2.16 bits per heavy atom. The number of aryl methyl sites for hydroxylation is 1. The van der Waals surface area contributed by atoms with Crippen molar-refractivity contribution in [3.05, 3.63) is 24.0 Å². The standard InChI is InChI=1S/C11H13N3O5/c1-14-7(4-5-12-14)2-3-9(15)13-8(11(18)19)6-10(16)17/h2-5,8H,6H2,1H3,(H,13,15)(H,16,17)(H,18,19)/b3-2+/t8-/m1/s1. The van der Waals surface area contributed by atoms with Crippen molar-refractivity contribution in [2.45, 2.75) is 12.5 Å². The van der Waals surface area contributed by atoms with Gasteiger partial charge >= 0.3 is 11.9 Å². The second kappa shape index (κ2) is 6.34. The molecule has 0 fully saturated rings. The number of carbonyl (C=O) groups is 3. The van der Waals surface area contributed by atoms with Crippen LogP contribution in [0, 0.1) is 0 Å². The van der Waals surface area contributed by atoms with Crippen LogP contribution in [0.3, 0.4) is 0 Å². The summed E-state index contributed by atoms with van der Waals surface area (Å²) >= 11 is 0. The van der Waals surface area contributed by atoms with Gasteiger partial charge in [0.1, 0.15) is 6.04 Å². The molecule has 3 N–H and O–H groups in total. The second-order valence-electron chi connectivity index (χ2n) is 3.71. The van der Waals surface area contributed by atoms with E-state index in [2.05, 4.69) is 10.4 Å². The van der Waals surface area contributed by atoms with Crippen LogP contribution in [-0.4, -0.2) is 43.9 Å². The number of nitrogens with zero attached hydrogens (tertiary/aromatic N) is 2. The molecule has 1 aromatic heterocycles. The molecule has 0 spiro atoms. The van der Waals surface area contributed by atoms with E-state index in [0.29, 0.717) is 5.69 Å². The minimum Gasteiger partial charge on any atom is -0.481 e. The lowest BCUT2D eigenvalue weighted by molar-refractivity contribution is -0.146. The summed E-state index contributed by atoms with van der Waals surface area (Å²) in [7, 11) is 1.68. The normalized spacial score (nSPS) is 12.3. The number of amides is 1. The number of hydrogen-bond acceptors (Lipinski definition) is 4. The van der Waals surface area contributed by atoms with E-state index in [1.165, 1.54) is 10.8 Å². The summed E-state index contributed by atoms with van der Waals surface area (Å²) in [5.74, 6) is -3.39. The van der Waals surface area contributed by atoms with Crippen molar-refractivity contribution < 1.29 is 24.6 Å². The highest BCUT2D eigenvalue weighted by Gasteiger charge is 2.21. The number of hydrogen-bond donors (Lipinski definition) is 3. The van der Waals surface area contributed by atoms with Crippen LogP contribution < -0.4 is 5.32 Å². The largest absolute Gasteiger partial charge is 0.481 e. The van der Waals surface area contributed by atoms with Crippen molar-refractivity contribution in [3.63, 3.8) is 0 Å². The predicted molar refractivity (Wildman–Crippen MR) is 64.1 cm³/mol. The summed E-state index contributed by atoms with van der Waals surface area (Å²) in [4.78, 5) is 32.6. The Kier molecular flexibility index (Phi) is 4.81. The maximum absolute atomic E-state index is 11.5. The van der Waals surface area contributed by atoms with Crippen molar-refractivity contribution in [3.8, 4) is 0 Å². The zero-order chi connectivity index (χ0) is 14.4. The minimum atomic E-state index is -1.46. The number of aromatic nitrogens is 2. The maximum atomic E-state index is 11.5. The Labute approximate surface area is 108 Å². The number of carboxylic acid groups (broad SMARTS) is 2. The lowest BCUT2D eigenvalue weighted by Gasteiger charge is -2.10. The number of carbonyl (C=O) groups excluding carboxylic acids is 1. The number of rotatable bonds is 6. The van der Waals surface area contributed by atoms with Gasteiger partial charge in [-0.2, -0.15) is 5.10 Å². The zero-order valence-corrected chi connectivity index (χ0v) is 10.1. The zero-order valence-electron chi connectivity index (χ0n) is 10.1. The molecule has 0 aliphatic heterocycles. The van der Waals surface area contributed by atoms with Crippen molar-refractivity contribution >= 4 is 23.9 Å². The number of nitrogens with one attached hydrogen (secondary N) is 1. The fourth-order valence-corrected chi connectivity index (χ4v) is 1.30. The second-order valence-corrected chi connectivity index (χ2v) is 3.71. The molecule has 0 saturated heterocycles. The fourth-order valence-electron chi connectivity index (χ4n) is 1.30. The van der Waals surface area contributed by atoms with E-state index in [-0.39, 0.29) is 0 Å². The van der Waals surface area contributed by atoms with Gasteiger partial charge in [-0.1, -0.05) is 0 Å². The monoisotopic (exact) mass is 267 g/mol. The third kappa shape index (κ3) is 4.62. The lowest BCUT2D eigenvalue weighted by atomic mass is 10.2. The van der Waals surface area contributed by atoms with Gasteiger partial charge in [0.25, 0.3) is 0 Å². The molecule has 0 aromatic carbocycles. The van der Waals surface area contributed by atoms with E-state index in [4.69, 9.17) is 10.2 Å². The summed E-state index contributed by atoms with van der Waals surface area (Å²) in [6, 6.07) is 0.205. The summed E-state index contributed by atoms with van der Waals surface area (Å²) < 4.78 is 1.52. The molecule has 1 heterocycles. The van der Waals surface area contributed by atoms with Gasteiger partial charge < -0.3 is 15.5 Å². The molecule has 8 heteroatoms. The van der Waals surface area contributed by atoms with Crippen LogP contribution >= 0.6 is 0 Å². The summed E-state index contributed by atoms with van der Waals surface area (Å²) in [6.07, 6.45) is 3.43. The SMILES string of the molecule is Cn1nccc1/C=C/C(=O)N[C@H](CC(=O)O)C(=O)O. The van der Waals surface area contributed by atoms with Crippen LogP contribution in [-0.2, 0) is 21.4 Å². The molecular formula is C11H13N3O5. The van der Waals surface area contributed by atoms with Crippen molar-refractivity contribution in [1.29, 1.82) is 0 Å². The first-order valence-electron chi connectivity index (χ1n) is 5.31. The number of aliphatic carboxylic acids is 2. The van der Waals surface area contributed by atoms with Crippen molar-refractivity contribution in [2.24, 2.45) is 7.05 Å². The lowest BCUT2D eigenvalue weighted by Crippen LogP contribution is -2.41. The predicted octanol–water partition coefficient (Wildman–Crippen LogP) is -0.523. The molecule has 0 saturated carbocycles. The van der Waals surface area contributed by atoms with E-state index in [0.717, 1.165) is 6.08 Å². The molecule has 0 aliphatic rings. The van der Waals surface area contributed by atoms with Gasteiger partial charge in [0.15, 0.2) is 0 Å². The molecule has 1 rings (SSSR count). The summed E-state index contributed by atoms with van der Waals surface area (Å²) in [6.45, 7) is 0. The minimum absolute atomic E-state index is 0.653. The molecular weight excluding hydrogens is 254 g/mol. The first-order valence-corrected chi connectivity index (χ1v) is 5.31. The third-order valence-electron chi connectivity index (χ3n) is 2.26. The first-order chi connectivity index (χ1) is 8.90. The average Bonchev–Trinajstić information content (AvgIpc) is 2.70. The third-order valence-corrected chi connectivity index (χ3v) is 2.26. The highest BCUT2D eigenvalue weighted by molar-refractivity contribution is 5.95. The van der Waals surface area contributed by atoms with Crippen molar-refractivity contribution in [1.82, 2.24) is 15.1 Å². The molecule has 8 nitrogen and oxygen atoms in total. The van der Waals surface area contributed by atoms with Gasteiger partial charge in [0, 0.05) is 19.3 Å². The Morgan fingerprint density at radius 3 is 2.63 bits per heavy atom. The van der Waals surface area contributed by atoms with Crippen LogP contribution in [0.2, 0.25) is 0 Å². The molecule has 0 radical (unpaired) electrons. The van der Waals surface area contributed by atoms with Crippen LogP contribution in [0.25, 0.3) is 6.08 Å². The summed E-state index contributed by atoms with van der Waals surface area (Å²) in [5.41, 5.74) is 0.653. The van der Waals surface area contributed by atoms with E-state index >= 15 is 0 Å². The molecule has 0 unspecified atom stereocenters. The fraction of sp³-hybridized carbons (Fsp3) is 0.273. The summed E-state index contributed by atoms with van der Waals surface area (Å²) in [5, 5.41) is 23.2. The molecule has 1 atom stereocenters. The molecule has 19 heavy (non-hydrogen) atoms. The van der Waals surface area contributed by atoms with Crippen LogP contribution in [0.4, 0.5) is 0 Å². The molecule has 0 aliphatic carbocycles.